The summed E-state index contributed by atoms with van der Waals surface area (Å²) in [7, 11) is 1.33. The third-order valence-corrected chi connectivity index (χ3v) is 3.88. The summed E-state index contributed by atoms with van der Waals surface area (Å²) in [4.78, 5) is 24.7. The van der Waals surface area contributed by atoms with Crippen LogP contribution in [0.4, 0.5) is 5.69 Å². The molecule has 1 aliphatic rings. The van der Waals surface area contributed by atoms with Crippen LogP contribution in [0.3, 0.4) is 0 Å². The monoisotopic (exact) mass is 293 g/mol. The Morgan fingerprint density at radius 1 is 1.57 bits per heavy atom. The Labute approximate surface area is 122 Å². The number of carbonyl (C=O) groups excluding carboxylic acids is 1. The van der Waals surface area contributed by atoms with E-state index in [1.165, 1.54) is 19.2 Å². The third kappa shape index (κ3) is 2.97. The van der Waals surface area contributed by atoms with Gasteiger partial charge in [0.25, 0.3) is 5.91 Å². The maximum atomic E-state index is 12.6. The summed E-state index contributed by atoms with van der Waals surface area (Å²) in [6.45, 7) is 3.10. The van der Waals surface area contributed by atoms with Crippen molar-refractivity contribution in [2.45, 2.75) is 19.4 Å². The first-order valence-corrected chi connectivity index (χ1v) is 6.82. The zero-order valence-electron chi connectivity index (χ0n) is 12.1. The molecule has 2 N–H and O–H groups in total. The topological polar surface area (TPSA) is 98.7 Å². The summed E-state index contributed by atoms with van der Waals surface area (Å²) >= 11 is 0. The van der Waals surface area contributed by atoms with E-state index in [4.69, 9.17) is 10.5 Å². The van der Waals surface area contributed by atoms with Crippen molar-refractivity contribution >= 4 is 11.6 Å². The minimum Gasteiger partial charge on any atom is -0.490 e. The molecule has 2 rings (SSSR count). The highest BCUT2D eigenvalue weighted by Crippen LogP contribution is 2.32. The van der Waals surface area contributed by atoms with Crippen LogP contribution in [0.5, 0.6) is 5.75 Å². The maximum absolute atomic E-state index is 12.6. The lowest BCUT2D eigenvalue weighted by Crippen LogP contribution is -2.33. The molecule has 1 amide bonds. The van der Waals surface area contributed by atoms with E-state index in [1.54, 1.807) is 11.0 Å². The molecule has 7 nitrogen and oxygen atoms in total. The van der Waals surface area contributed by atoms with E-state index in [1.807, 2.05) is 6.92 Å². The van der Waals surface area contributed by atoms with E-state index in [9.17, 15) is 14.9 Å². The molecule has 1 saturated heterocycles. The van der Waals surface area contributed by atoms with Gasteiger partial charge in [0.1, 0.15) is 0 Å². The average Bonchev–Trinajstić information content (AvgIpc) is 2.95. The second kappa shape index (κ2) is 6.09. The number of likely N-dealkylation sites (tertiary alicyclic amines) is 1. The number of benzene rings is 1. The van der Waals surface area contributed by atoms with Crippen LogP contribution in [0.15, 0.2) is 18.2 Å². The molecule has 0 spiro atoms. The van der Waals surface area contributed by atoms with Crippen LogP contribution in [-0.4, -0.2) is 42.0 Å². The highest BCUT2D eigenvalue weighted by Gasteiger charge is 2.32. The summed E-state index contributed by atoms with van der Waals surface area (Å²) in [5.41, 5.74) is 5.88. The molecule has 0 aliphatic carbocycles. The van der Waals surface area contributed by atoms with Crippen molar-refractivity contribution in [3.8, 4) is 5.75 Å². The van der Waals surface area contributed by atoms with Gasteiger partial charge in [-0.2, -0.15) is 0 Å². The predicted octanol–water partition coefficient (Wildman–Crippen LogP) is 1.41. The first-order chi connectivity index (χ1) is 9.95. The first-order valence-electron chi connectivity index (χ1n) is 6.82. The van der Waals surface area contributed by atoms with E-state index in [0.29, 0.717) is 13.1 Å². The van der Waals surface area contributed by atoms with E-state index in [-0.39, 0.29) is 34.9 Å². The molecule has 2 atom stereocenters. The molecule has 0 radical (unpaired) electrons. The smallest absolute Gasteiger partial charge is 0.311 e. The van der Waals surface area contributed by atoms with Gasteiger partial charge in [0.15, 0.2) is 0 Å². The highest BCUT2D eigenvalue weighted by atomic mass is 16.6. The zero-order chi connectivity index (χ0) is 15.6. The van der Waals surface area contributed by atoms with Crippen molar-refractivity contribution in [2.24, 2.45) is 11.7 Å². The molecule has 1 fully saturated rings. The largest absolute Gasteiger partial charge is 0.490 e. The molecule has 114 valence electrons. The van der Waals surface area contributed by atoms with Crippen LogP contribution in [0.25, 0.3) is 0 Å². The van der Waals surface area contributed by atoms with Gasteiger partial charge in [0.2, 0.25) is 5.75 Å². The van der Waals surface area contributed by atoms with Gasteiger partial charge in [0, 0.05) is 25.2 Å². The van der Waals surface area contributed by atoms with E-state index in [0.717, 1.165) is 6.42 Å². The Morgan fingerprint density at radius 3 is 2.81 bits per heavy atom. The summed E-state index contributed by atoms with van der Waals surface area (Å²) in [5, 5.41) is 11.0. The number of carbonyl (C=O) groups is 1. The number of para-hydroxylation sites is 1. The van der Waals surface area contributed by atoms with Gasteiger partial charge in [0.05, 0.1) is 17.6 Å². The SMILES string of the molecule is COc1c(C(=O)N2CCC(C(C)N)C2)cccc1[N+](=O)[O-]. The van der Waals surface area contributed by atoms with E-state index < -0.39 is 4.92 Å². The Kier molecular flexibility index (Phi) is 4.42. The van der Waals surface area contributed by atoms with Crippen molar-refractivity contribution in [1.82, 2.24) is 4.90 Å². The van der Waals surface area contributed by atoms with Crippen molar-refractivity contribution < 1.29 is 14.5 Å². The van der Waals surface area contributed by atoms with E-state index in [2.05, 4.69) is 0 Å². The molecule has 1 heterocycles. The number of nitro groups is 1. The number of nitrogens with zero attached hydrogens (tertiary/aromatic N) is 2. The fraction of sp³-hybridized carbons (Fsp3) is 0.500. The molecular weight excluding hydrogens is 274 g/mol. The van der Waals surface area contributed by atoms with Crippen LogP contribution in [0.1, 0.15) is 23.7 Å². The summed E-state index contributed by atoms with van der Waals surface area (Å²) in [6.07, 6.45) is 0.848. The molecule has 0 bridgehead atoms. The molecular formula is C14H19N3O4. The molecule has 2 unspecified atom stereocenters. The van der Waals surface area contributed by atoms with E-state index >= 15 is 0 Å². The lowest BCUT2D eigenvalue weighted by molar-refractivity contribution is -0.385. The fourth-order valence-corrected chi connectivity index (χ4v) is 2.62. The maximum Gasteiger partial charge on any atom is 0.311 e. The van der Waals surface area contributed by atoms with Crippen LogP contribution >= 0.6 is 0 Å². The third-order valence-electron chi connectivity index (χ3n) is 3.88. The molecule has 21 heavy (non-hydrogen) atoms. The van der Waals surface area contributed by atoms with Crippen LogP contribution in [-0.2, 0) is 0 Å². The van der Waals surface area contributed by atoms with Crippen molar-refractivity contribution in [3.63, 3.8) is 0 Å². The number of rotatable bonds is 4. The number of hydrogen-bond donors (Lipinski definition) is 1. The lowest BCUT2D eigenvalue weighted by Gasteiger charge is -2.19. The Morgan fingerprint density at radius 2 is 2.29 bits per heavy atom. The number of amides is 1. The van der Waals surface area contributed by atoms with Crippen LogP contribution in [0.2, 0.25) is 0 Å². The van der Waals surface area contributed by atoms with Gasteiger partial charge in [-0.25, -0.2) is 0 Å². The van der Waals surface area contributed by atoms with Crippen LogP contribution < -0.4 is 10.5 Å². The second-order valence-corrected chi connectivity index (χ2v) is 5.27. The van der Waals surface area contributed by atoms with Gasteiger partial charge in [-0.05, 0) is 25.3 Å². The first kappa shape index (κ1) is 15.2. The quantitative estimate of drug-likeness (QED) is 0.668. The summed E-state index contributed by atoms with van der Waals surface area (Å²) in [5.74, 6) is 0.0223. The standard InChI is InChI=1S/C14H19N3O4/c1-9(15)10-6-7-16(8-10)14(18)11-4-3-5-12(17(19)20)13(11)21-2/h3-5,9-10H,6-8,15H2,1-2H3. The van der Waals surface area contributed by atoms with Gasteiger partial charge in [-0.1, -0.05) is 6.07 Å². The van der Waals surface area contributed by atoms with Gasteiger partial charge in [-0.3, -0.25) is 14.9 Å². The molecule has 7 heteroatoms. The van der Waals surface area contributed by atoms with Gasteiger partial charge >= 0.3 is 5.69 Å². The predicted molar refractivity (Wildman–Crippen MR) is 77.3 cm³/mol. The zero-order valence-corrected chi connectivity index (χ0v) is 12.1. The van der Waals surface area contributed by atoms with Crippen molar-refractivity contribution in [1.29, 1.82) is 0 Å². The molecule has 1 aliphatic heterocycles. The minimum atomic E-state index is -0.551. The average molecular weight is 293 g/mol. The van der Waals surface area contributed by atoms with Crippen molar-refractivity contribution in [3.05, 3.63) is 33.9 Å². The summed E-state index contributed by atoms with van der Waals surface area (Å²) < 4.78 is 5.08. The fourth-order valence-electron chi connectivity index (χ4n) is 2.62. The molecule has 1 aromatic rings. The van der Waals surface area contributed by atoms with Gasteiger partial charge in [-0.15, -0.1) is 0 Å². The Hall–Kier alpha value is -2.15. The number of nitro benzene ring substituents is 1. The number of hydrogen-bond acceptors (Lipinski definition) is 5. The normalized spacial score (nSPS) is 19.4. The minimum absolute atomic E-state index is 0.0109. The lowest BCUT2D eigenvalue weighted by atomic mass is 10.0. The number of nitrogens with two attached hydrogens (primary N) is 1. The molecule has 0 aromatic heterocycles. The molecule has 0 saturated carbocycles. The molecule has 1 aromatic carbocycles. The van der Waals surface area contributed by atoms with Crippen LogP contribution in [0, 0.1) is 16.0 Å². The highest BCUT2D eigenvalue weighted by molar-refractivity contribution is 5.98. The second-order valence-electron chi connectivity index (χ2n) is 5.27. The number of methoxy groups -OCH3 is 1. The Bertz CT molecular complexity index is 559. The summed E-state index contributed by atoms with van der Waals surface area (Å²) in [6, 6.07) is 4.39. The number of ether oxygens (including phenoxy) is 1. The van der Waals surface area contributed by atoms with Gasteiger partial charge < -0.3 is 15.4 Å². The Balaban J connectivity index is 2.28. The van der Waals surface area contributed by atoms with Crippen molar-refractivity contribution in [2.75, 3.05) is 20.2 Å².